The van der Waals surface area contributed by atoms with E-state index in [1.165, 1.54) is 21.7 Å². The fourth-order valence-corrected chi connectivity index (χ4v) is 9.57. The van der Waals surface area contributed by atoms with Crippen LogP contribution in [0, 0.1) is 0 Å². The third-order valence-electron chi connectivity index (χ3n) is 12.0. The van der Waals surface area contributed by atoms with E-state index in [1.807, 2.05) is 0 Å². The monoisotopic (exact) mass is 741 g/mol. The van der Waals surface area contributed by atoms with Crippen molar-refractivity contribution in [3.63, 3.8) is 0 Å². The van der Waals surface area contributed by atoms with Crippen LogP contribution in [0.5, 0.6) is 0 Å². The van der Waals surface area contributed by atoms with Gasteiger partial charge in [-0.3, -0.25) is 4.40 Å². The molecule has 0 spiro atoms. The molecule has 58 heavy (non-hydrogen) atoms. The minimum absolute atomic E-state index is 0.926. The van der Waals surface area contributed by atoms with Gasteiger partial charge in [-0.2, -0.15) is 8.97 Å². The summed E-state index contributed by atoms with van der Waals surface area (Å²) in [6.07, 6.45) is 2.18. The molecular weight excluding hydrogens is 709 g/mol. The summed E-state index contributed by atoms with van der Waals surface area (Å²) in [7, 11) is 0. The van der Waals surface area contributed by atoms with Gasteiger partial charge < -0.3 is 9.97 Å². The number of hydrogen-bond acceptors (Lipinski definition) is 1. The Bertz CT molecular complexity index is 3790. The molecule has 6 nitrogen and oxygen atoms in total. The second kappa shape index (κ2) is 11.8. The number of H-pyrrole nitrogens is 2. The number of para-hydroxylation sites is 2. The zero-order valence-electron chi connectivity index (χ0n) is 31.2. The van der Waals surface area contributed by atoms with E-state index >= 15 is 0 Å². The average molecular weight is 742 g/mol. The molecule has 0 amide bonds. The SMILES string of the molecule is c1ccc(-c2cc(-c3cccc(-[n+]4c5ccc6[nH]c7ccccc7c6c5n5ccccc54)c3)n3c(nc4c5c(ccc43)[nH]c3ccccc35)c2-c2ccccc2)cc1. The van der Waals surface area contributed by atoms with Crippen LogP contribution in [-0.4, -0.2) is 23.8 Å². The normalized spacial score (nSPS) is 12.1. The highest BCUT2D eigenvalue weighted by molar-refractivity contribution is 6.20. The van der Waals surface area contributed by atoms with Crippen molar-refractivity contribution < 1.29 is 4.57 Å². The zero-order chi connectivity index (χ0) is 37.9. The van der Waals surface area contributed by atoms with E-state index in [9.17, 15) is 0 Å². The maximum atomic E-state index is 5.65. The number of benzene rings is 7. The third-order valence-corrected chi connectivity index (χ3v) is 12.0. The summed E-state index contributed by atoms with van der Waals surface area (Å²) < 4.78 is 7.12. The molecule has 6 aromatic heterocycles. The molecular formula is C52H33N6+. The highest BCUT2D eigenvalue weighted by Gasteiger charge is 2.26. The Morgan fingerprint density at radius 1 is 0.500 bits per heavy atom. The van der Waals surface area contributed by atoms with Gasteiger partial charge in [0.25, 0.3) is 5.65 Å². The van der Waals surface area contributed by atoms with Crippen LogP contribution in [-0.2, 0) is 0 Å². The lowest BCUT2D eigenvalue weighted by atomic mass is 9.93. The van der Waals surface area contributed by atoms with Crippen LogP contribution < -0.4 is 4.57 Å². The molecule has 0 saturated heterocycles. The minimum atomic E-state index is 0.926. The van der Waals surface area contributed by atoms with Crippen molar-refractivity contribution >= 4 is 77.0 Å². The van der Waals surface area contributed by atoms with Gasteiger partial charge in [0.05, 0.1) is 33.8 Å². The van der Waals surface area contributed by atoms with Gasteiger partial charge in [-0.15, -0.1) is 0 Å². The summed E-state index contributed by atoms with van der Waals surface area (Å²) in [6, 6.07) is 65.3. The van der Waals surface area contributed by atoms with E-state index in [0.29, 0.717) is 0 Å². The molecule has 6 heteroatoms. The van der Waals surface area contributed by atoms with E-state index in [1.54, 1.807) is 0 Å². The van der Waals surface area contributed by atoms with Crippen molar-refractivity contribution in [1.29, 1.82) is 0 Å². The van der Waals surface area contributed by atoms with E-state index in [2.05, 4.69) is 212 Å². The minimum Gasteiger partial charge on any atom is -0.354 e. The first-order valence-electron chi connectivity index (χ1n) is 19.7. The molecule has 270 valence electrons. The fraction of sp³-hybridized carbons (Fsp3) is 0. The molecule has 13 aromatic rings. The fourth-order valence-electron chi connectivity index (χ4n) is 9.57. The maximum absolute atomic E-state index is 5.65. The smallest absolute Gasteiger partial charge is 0.292 e. The predicted molar refractivity (Wildman–Crippen MR) is 238 cm³/mol. The third kappa shape index (κ3) is 4.31. The Labute approximate surface area is 331 Å². The standard InChI is InChI=1S/C52H33N6/c1-3-14-32(15-4-1)38-31-45(58-43-27-25-41-48(36-20-7-9-22-39(36)53-41)50(43)55-52(58)47(38)33-16-5-2-6-17-33)34-18-13-19-35(30-34)57-44-28-26-42-49(37-21-8-10-23-40(37)54-42)51(44)56-29-12-11-24-46(56)57/h1-31,53-54H/q+1. The van der Waals surface area contributed by atoms with E-state index in [-0.39, 0.29) is 0 Å². The van der Waals surface area contributed by atoms with Crippen molar-refractivity contribution in [1.82, 2.24) is 23.8 Å². The molecule has 0 unspecified atom stereocenters. The van der Waals surface area contributed by atoms with Crippen LogP contribution >= 0.6 is 0 Å². The van der Waals surface area contributed by atoms with Crippen LogP contribution in [0.15, 0.2) is 188 Å². The molecule has 0 atom stereocenters. The van der Waals surface area contributed by atoms with Crippen LogP contribution in [0.25, 0.3) is 116 Å². The number of nitrogens with zero attached hydrogens (tertiary/aromatic N) is 4. The largest absolute Gasteiger partial charge is 0.354 e. The molecule has 0 aliphatic heterocycles. The molecule has 0 radical (unpaired) electrons. The second-order valence-electron chi connectivity index (χ2n) is 15.2. The molecule has 6 heterocycles. The van der Waals surface area contributed by atoms with Crippen molar-refractivity contribution in [2.75, 3.05) is 0 Å². The zero-order valence-corrected chi connectivity index (χ0v) is 31.2. The molecule has 7 aromatic carbocycles. The van der Waals surface area contributed by atoms with Crippen LogP contribution in [0.2, 0.25) is 0 Å². The summed E-state index contributed by atoms with van der Waals surface area (Å²) in [5.41, 5.74) is 18.6. The molecule has 2 N–H and O–H groups in total. The molecule has 13 rings (SSSR count). The highest BCUT2D eigenvalue weighted by Crippen LogP contribution is 2.43. The number of imidazole rings is 2. The summed E-state index contributed by atoms with van der Waals surface area (Å²) in [4.78, 5) is 13.0. The number of aromatic amines is 2. The first kappa shape index (κ1) is 31.3. The number of fused-ring (bicyclic) bond motifs is 14. The number of pyridine rings is 2. The first-order valence-corrected chi connectivity index (χ1v) is 19.7. The molecule has 0 bridgehead atoms. The quantitative estimate of drug-likeness (QED) is 0.173. The van der Waals surface area contributed by atoms with Gasteiger partial charge in [0.2, 0.25) is 0 Å². The van der Waals surface area contributed by atoms with Crippen molar-refractivity contribution in [2.45, 2.75) is 0 Å². The number of nitrogens with one attached hydrogen (secondary N) is 2. The lowest BCUT2D eigenvalue weighted by molar-refractivity contribution is -0.538. The van der Waals surface area contributed by atoms with Crippen molar-refractivity contribution in [3.05, 3.63) is 188 Å². The Kier molecular flexibility index (Phi) is 6.35. The Morgan fingerprint density at radius 2 is 1.16 bits per heavy atom. The van der Waals surface area contributed by atoms with Gasteiger partial charge in [-0.05, 0) is 77.4 Å². The van der Waals surface area contributed by atoms with Gasteiger partial charge in [0, 0.05) is 49.9 Å². The number of hydrogen-bond donors (Lipinski definition) is 2. The first-order chi connectivity index (χ1) is 28.8. The van der Waals surface area contributed by atoms with Crippen LogP contribution in [0.1, 0.15) is 0 Å². The lowest BCUT2D eigenvalue weighted by Gasteiger charge is -2.17. The summed E-state index contributed by atoms with van der Waals surface area (Å²) >= 11 is 0. The van der Waals surface area contributed by atoms with Gasteiger partial charge in [0.15, 0.2) is 11.0 Å². The molecule has 0 saturated carbocycles. The van der Waals surface area contributed by atoms with E-state index in [4.69, 9.17) is 4.98 Å². The van der Waals surface area contributed by atoms with Gasteiger partial charge in [0.1, 0.15) is 11.3 Å². The van der Waals surface area contributed by atoms with E-state index < -0.39 is 0 Å². The van der Waals surface area contributed by atoms with Gasteiger partial charge >= 0.3 is 0 Å². The molecule has 0 fully saturated rings. The Morgan fingerprint density at radius 3 is 1.95 bits per heavy atom. The van der Waals surface area contributed by atoms with Crippen LogP contribution in [0.3, 0.4) is 0 Å². The number of aromatic nitrogens is 6. The van der Waals surface area contributed by atoms with Crippen molar-refractivity contribution in [3.8, 4) is 39.2 Å². The molecule has 0 aliphatic carbocycles. The van der Waals surface area contributed by atoms with Gasteiger partial charge in [-0.25, -0.2) is 4.98 Å². The Balaban J connectivity index is 1.15. The van der Waals surface area contributed by atoms with Crippen molar-refractivity contribution in [2.24, 2.45) is 0 Å². The highest BCUT2D eigenvalue weighted by atomic mass is 15.1. The summed E-state index contributed by atoms with van der Waals surface area (Å²) in [5.74, 6) is 0. The van der Waals surface area contributed by atoms with E-state index in [0.717, 1.165) is 94.5 Å². The average Bonchev–Trinajstić information content (AvgIpc) is 4.05. The Hall–Kier alpha value is -7.96. The predicted octanol–water partition coefficient (Wildman–Crippen LogP) is 12.4. The summed E-state index contributed by atoms with van der Waals surface area (Å²) in [6.45, 7) is 0. The molecule has 0 aliphatic rings. The maximum Gasteiger partial charge on any atom is 0.292 e. The number of rotatable bonds is 4. The van der Waals surface area contributed by atoms with Gasteiger partial charge in [-0.1, -0.05) is 115 Å². The second-order valence-corrected chi connectivity index (χ2v) is 15.2. The topological polar surface area (TPSA) is 57.2 Å². The van der Waals surface area contributed by atoms with Crippen LogP contribution in [0.4, 0.5) is 0 Å². The summed E-state index contributed by atoms with van der Waals surface area (Å²) in [5, 5.41) is 4.76. The lowest BCUT2D eigenvalue weighted by Crippen LogP contribution is -2.30.